The molecule has 44 heavy (non-hydrogen) atoms. The van der Waals surface area contributed by atoms with Crippen molar-refractivity contribution in [2.45, 2.75) is 45.2 Å². The van der Waals surface area contributed by atoms with Crippen LogP contribution in [0.5, 0.6) is 0 Å². The fraction of sp³-hybridized carbons (Fsp3) is 0.321. The third kappa shape index (κ3) is 13.7. The lowest BCUT2D eigenvalue weighted by atomic mass is 10.2. The Balaban J connectivity index is 0.00000474. The minimum absolute atomic E-state index is 0.112. The zero-order valence-electron chi connectivity index (χ0n) is 24.8. The first kappa shape index (κ1) is 37.6. The van der Waals surface area contributed by atoms with E-state index in [0.717, 1.165) is 11.8 Å². The highest BCUT2D eigenvalue weighted by Crippen LogP contribution is 2.14. The molecule has 5 N–H and O–H groups in total. The van der Waals surface area contributed by atoms with Gasteiger partial charge in [-0.25, -0.2) is 13.4 Å². The van der Waals surface area contributed by atoms with Crippen molar-refractivity contribution in [3.05, 3.63) is 77.8 Å². The van der Waals surface area contributed by atoms with Crippen molar-refractivity contribution in [2.24, 2.45) is 10.7 Å². The van der Waals surface area contributed by atoms with Gasteiger partial charge in [0.2, 0.25) is 27.8 Å². The van der Waals surface area contributed by atoms with Crippen LogP contribution in [0.4, 0.5) is 5.69 Å². The fourth-order valence-electron chi connectivity index (χ4n) is 3.34. The molecular weight excluding hydrogens is 616 g/mol. The van der Waals surface area contributed by atoms with E-state index in [0.29, 0.717) is 21.8 Å². The molecule has 14 nitrogen and oxygen atoms in total. The number of nitrogens with two attached hydrogens (primary N) is 1. The van der Waals surface area contributed by atoms with Crippen LogP contribution in [0.1, 0.15) is 31.9 Å². The summed E-state index contributed by atoms with van der Waals surface area (Å²) in [5, 5.41) is 3.14. The number of halogens is 1. The Hall–Kier alpha value is -4.47. The third-order valence-corrected chi connectivity index (χ3v) is 7.21. The highest BCUT2D eigenvalue weighted by atomic mass is 35.5. The first-order valence-corrected chi connectivity index (χ1v) is 15.0. The van der Waals surface area contributed by atoms with Crippen molar-refractivity contribution in [1.82, 2.24) is 20.4 Å². The number of hydroxylamine groups is 1. The molecule has 2 atom stereocenters. The second kappa shape index (κ2) is 18.3. The van der Waals surface area contributed by atoms with Gasteiger partial charge in [0.05, 0.1) is 11.4 Å². The Labute approximate surface area is 261 Å². The minimum Gasteiger partial charge on any atom is -0.464 e. The quantitative estimate of drug-likeness (QED) is 0.0860. The molecule has 0 aliphatic rings. The number of nitrogens with one attached hydrogen (secondary N) is 3. The lowest BCUT2D eigenvalue weighted by Gasteiger charge is -2.28. The van der Waals surface area contributed by atoms with Crippen LogP contribution in [0.3, 0.4) is 0 Å². The zero-order valence-corrected chi connectivity index (χ0v) is 26.4. The zero-order chi connectivity index (χ0) is 33.4. The first-order valence-electron chi connectivity index (χ1n) is 13.0. The van der Waals surface area contributed by atoms with Crippen molar-refractivity contribution in [3.8, 4) is 0 Å². The Kier molecular flexibility index (Phi) is 15.6. The number of hydrogen-bond donors (Lipinski definition) is 4. The molecule has 0 heterocycles. The molecule has 0 saturated carbocycles. The number of likely N-dealkylation sites (N-methyl/N-ethyl adjacent to an activating group) is 1. The molecule has 0 saturated heterocycles. The van der Waals surface area contributed by atoms with Gasteiger partial charge in [0, 0.05) is 32.5 Å². The smallest absolute Gasteiger partial charge is 0.329 e. The van der Waals surface area contributed by atoms with Gasteiger partial charge in [-0.2, -0.15) is 10.2 Å². The summed E-state index contributed by atoms with van der Waals surface area (Å²) in [6, 6.07) is 10.3. The number of benzene rings is 2. The van der Waals surface area contributed by atoms with Crippen molar-refractivity contribution in [1.29, 1.82) is 0 Å². The second-order valence-electron chi connectivity index (χ2n) is 9.06. The number of carbonyl (C=O) groups excluding carboxylic acids is 4. The predicted octanol–water partition coefficient (Wildman–Crippen LogP) is 1.67. The van der Waals surface area contributed by atoms with Crippen LogP contribution in [0.15, 0.2) is 66.7 Å². The van der Waals surface area contributed by atoms with E-state index in [1.54, 1.807) is 24.3 Å². The summed E-state index contributed by atoms with van der Waals surface area (Å²) in [4.78, 5) is 57.8. The predicted molar refractivity (Wildman–Crippen MR) is 166 cm³/mol. The minimum atomic E-state index is -4.06. The maximum absolute atomic E-state index is 13.2. The third-order valence-electron chi connectivity index (χ3n) is 5.60. The number of rotatable bonds is 12. The van der Waals surface area contributed by atoms with Crippen molar-refractivity contribution in [3.63, 3.8) is 0 Å². The molecule has 0 aliphatic carbocycles. The monoisotopic (exact) mass is 652 g/mol. The molecule has 0 fully saturated rings. The van der Waals surface area contributed by atoms with E-state index in [-0.39, 0.29) is 12.5 Å². The number of nitrogens with zero attached hydrogens (tertiary/aromatic N) is 2. The number of ether oxygens (including phenoxy) is 1. The molecule has 0 radical (unpaired) electrons. The number of hydrogen-bond acceptors (Lipinski definition) is 9. The Morgan fingerprint density at radius 1 is 1.00 bits per heavy atom. The second-order valence-corrected chi connectivity index (χ2v) is 11.3. The average molecular weight is 653 g/mol. The van der Waals surface area contributed by atoms with Crippen molar-refractivity contribution in [2.75, 3.05) is 13.7 Å². The van der Waals surface area contributed by atoms with Crippen molar-refractivity contribution >= 4 is 57.0 Å². The molecule has 0 bridgehead atoms. The summed E-state index contributed by atoms with van der Waals surface area (Å²) in [6.45, 7) is 9.33. The maximum atomic E-state index is 13.2. The van der Waals surface area contributed by atoms with Crippen LogP contribution in [0, 0.1) is 0 Å². The number of guanidine groups is 1. The molecular formula is C28H37ClN6O8S. The number of esters is 1. The lowest BCUT2D eigenvalue weighted by molar-refractivity contribution is -0.146. The summed E-state index contributed by atoms with van der Waals surface area (Å²) < 4.78 is 32.8. The summed E-state index contributed by atoms with van der Waals surface area (Å²) in [6.07, 6.45) is 0. The standard InChI is InChI=1S/C26H33ClN6O8S.C2H4/c1-16(24(36)29-13-19-7-11-22(12-8-19)30-26(28)31-41-18(3)35)33(4)25(37)23(14-40-17(2)34)32-42(38,39)15-20-5-9-21(27)10-6-20;1-2/h5-12,16,23,32H,13-15H2,1-4H3,(H,29,36)(H3,28,30,31);1-2H2/t16-,23+;/m0./s1. The van der Waals surface area contributed by atoms with Gasteiger partial charge in [-0.1, -0.05) is 35.9 Å². The van der Waals surface area contributed by atoms with Crippen LogP contribution < -0.4 is 21.3 Å². The Morgan fingerprint density at radius 2 is 1.57 bits per heavy atom. The molecule has 2 amide bonds. The molecule has 240 valence electrons. The number of aliphatic imine (C=N–C) groups is 1. The number of amides is 2. The van der Waals surface area contributed by atoms with Gasteiger partial charge >= 0.3 is 11.9 Å². The molecule has 2 rings (SSSR count). The summed E-state index contributed by atoms with van der Waals surface area (Å²) in [5.41, 5.74) is 9.38. The van der Waals surface area contributed by atoms with Crippen LogP contribution in [0.25, 0.3) is 0 Å². The van der Waals surface area contributed by atoms with E-state index in [1.807, 2.05) is 0 Å². The molecule has 0 aromatic heterocycles. The van der Waals surface area contributed by atoms with Gasteiger partial charge in [0.15, 0.2) is 0 Å². The largest absolute Gasteiger partial charge is 0.464 e. The average Bonchev–Trinajstić information content (AvgIpc) is 2.98. The summed E-state index contributed by atoms with van der Waals surface area (Å²) >= 11 is 5.85. The molecule has 2 aromatic rings. The highest BCUT2D eigenvalue weighted by molar-refractivity contribution is 7.88. The van der Waals surface area contributed by atoms with E-state index in [1.165, 1.54) is 45.2 Å². The molecule has 2 aromatic carbocycles. The van der Waals surface area contributed by atoms with Crippen LogP contribution in [0.2, 0.25) is 5.02 Å². The maximum Gasteiger partial charge on any atom is 0.329 e. The SMILES string of the molecule is C=C.CC(=O)OC[C@@H](NS(=O)(=O)Cc1ccc(Cl)cc1)C(=O)N(C)[C@@H](C)C(=O)NCc1ccc(N=C(N)NOC(C)=O)cc1. The van der Waals surface area contributed by atoms with Crippen LogP contribution in [-0.2, 0) is 51.1 Å². The first-order chi connectivity index (χ1) is 20.7. The summed E-state index contributed by atoms with van der Waals surface area (Å²) in [5.74, 6) is -3.17. The Morgan fingerprint density at radius 3 is 2.11 bits per heavy atom. The van der Waals surface area contributed by atoms with Crippen LogP contribution >= 0.6 is 11.6 Å². The molecule has 16 heteroatoms. The van der Waals surface area contributed by atoms with Gasteiger partial charge in [-0.3, -0.25) is 19.2 Å². The Bertz CT molecular complexity index is 1420. The molecule has 0 unspecified atom stereocenters. The van der Waals surface area contributed by atoms with E-state index in [2.05, 4.69) is 38.5 Å². The molecule has 0 spiro atoms. The number of carbonyl (C=O) groups is 4. The lowest BCUT2D eigenvalue weighted by Crippen LogP contribution is -2.55. The van der Waals surface area contributed by atoms with Gasteiger partial charge in [-0.15, -0.1) is 13.2 Å². The van der Waals surface area contributed by atoms with E-state index in [9.17, 15) is 27.6 Å². The van der Waals surface area contributed by atoms with E-state index in [4.69, 9.17) is 22.1 Å². The van der Waals surface area contributed by atoms with Gasteiger partial charge in [0.25, 0.3) is 0 Å². The van der Waals surface area contributed by atoms with E-state index >= 15 is 0 Å². The van der Waals surface area contributed by atoms with Gasteiger partial charge in [-0.05, 0) is 42.3 Å². The number of sulfonamides is 1. The van der Waals surface area contributed by atoms with Crippen LogP contribution in [-0.4, -0.2) is 68.8 Å². The molecule has 0 aliphatic heterocycles. The topological polar surface area (TPSA) is 199 Å². The van der Waals surface area contributed by atoms with Gasteiger partial charge < -0.3 is 25.5 Å². The highest BCUT2D eigenvalue weighted by Gasteiger charge is 2.32. The normalized spacial score (nSPS) is 12.4. The summed E-state index contributed by atoms with van der Waals surface area (Å²) in [7, 11) is -2.72. The van der Waals surface area contributed by atoms with E-state index < -0.39 is 58.2 Å². The van der Waals surface area contributed by atoms with Gasteiger partial charge in [0.1, 0.15) is 18.7 Å². The fourth-order valence-corrected chi connectivity index (χ4v) is 4.78. The van der Waals surface area contributed by atoms with Crippen molar-refractivity contribution < 1.29 is 37.2 Å².